The Morgan fingerprint density at radius 3 is 0.923 bits per heavy atom. The van der Waals surface area contributed by atoms with Crippen LogP contribution in [0.3, 0.4) is 0 Å². The van der Waals surface area contributed by atoms with Gasteiger partial charge in [0.25, 0.3) is 0 Å². The molecule has 0 atom stereocenters. The van der Waals surface area contributed by atoms with Gasteiger partial charge in [0.1, 0.15) is 0 Å². The fourth-order valence-electron chi connectivity index (χ4n) is 2.34. The van der Waals surface area contributed by atoms with E-state index in [0.29, 0.717) is 0 Å². The summed E-state index contributed by atoms with van der Waals surface area (Å²) in [6, 6.07) is 0. The number of rotatable bonds is 8. The monoisotopic (exact) mass is 252 g/mol. The van der Waals surface area contributed by atoms with Crippen molar-refractivity contribution in [2.24, 2.45) is 0 Å². The van der Waals surface area contributed by atoms with E-state index >= 15 is 0 Å². The van der Waals surface area contributed by atoms with E-state index in [9.17, 15) is 0 Å². The van der Waals surface area contributed by atoms with Crippen LogP contribution in [0.5, 0.6) is 0 Å². The second kappa shape index (κ2) is 7.88. The zero-order valence-electron chi connectivity index (χ0n) is 10.1. The summed E-state index contributed by atoms with van der Waals surface area (Å²) in [5.74, 6) is 0. The van der Waals surface area contributed by atoms with Crippen molar-refractivity contribution in [3.63, 3.8) is 0 Å². The van der Waals surface area contributed by atoms with Crippen LogP contribution in [0.1, 0.15) is 53.4 Å². The second-order valence-electron chi connectivity index (χ2n) is 4.04. The van der Waals surface area contributed by atoms with Gasteiger partial charge < -0.3 is 0 Å². The van der Waals surface area contributed by atoms with Crippen LogP contribution < -0.4 is 0 Å². The third-order valence-corrected chi connectivity index (χ3v) is 13.2. The Morgan fingerprint density at radius 2 is 0.769 bits per heavy atom. The molecule has 0 rings (SSSR count). The molecule has 0 aliphatic carbocycles. The molecule has 1 heteroatoms. The van der Waals surface area contributed by atoms with Crippen molar-refractivity contribution < 1.29 is 0 Å². The Bertz CT molecular complexity index is 80.2. The Kier molecular flexibility index (Phi) is 8.20. The van der Waals surface area contributed by atoms with Crippen molar-refractivity contribution in [3.8, 4) is 0 Å². The van der Waals surface area contributed by atoms with Gasteiger partial charge in [-0.2, -0.15) is 0 Å². The SMILES string of the molecule is CCC[Se](CCC)(CCC)CCC. The number of hydrogen-bond acceptors (Lipinski definition) is 0. The maximum atomic E-state index is 2.37. The van der Waals surface area contributed by atoms with E-state index in [0.717, 1.165) is 0 Å². The molecule has 0 heterocycles. The van der Waals surface area contributed by atoms with Crippen LogP contribution in [0.2, 0.25) is 21.3 Å². The third-order valence-electron chi connectivity index (χ3n) is 2.55. The van der Waals surface area contributed by atoms with Crippen molar-refractivity contribution in [1.29, 1.82) is 0 Å². The molecule has 0 aliphatic rings. The molecule has 0 unspecified atom stereocenters. The summed E-state index contributed by atoms with van der Waals surface area (Å²) in [6.07, 6.45) is 5.72. The molecule has 0 fully saturated rings. The fourth-order valence-corrected chi connectivity index (χ4v) is 12.2. The molecule has 0 N–H and O–H groups in total. The molecular weight excluding hydrogens is 223 g/mol. The van der Waals surface area contributed by atoms with Gasteiger partial charge in [0.05, 0.1) is 0 Å². The molecule has 0 spiro atoms. The first-order valence-corrected chi connectivity index (χ1v) is 10.8. The first-order chi connectivity index (χ1) is 6.24. The van der Waals surface area contributed by atoms with Crippen molar-refractivity contribution >= 4 is 12.8 Å². The molecule has 0 aromatic rings. The van der Waals surface area contributed by atoms with Crippen molar-refractivity contribution in [3.05, 3.63) is 0 Å². The molecule has 0 saturated heterocycles. The molecule has 0 nitrogen and oxygen atoms in total. The van der Waals surface area contributed by atoms with Crippen LogP contribution in [0.25, 0.3) is 0 Å². The predicted molar refractivity (Wildman–Crippen MR) is 66.1 cm³/mol. The van der Waals surface area contributed by atoms with E-state index in [1.165, 1.54) is 25.7 Å². The molecule has 82 valence electrons. The zero-order valence-corrected chi connectivity index (χ0v) is 11.8. The van der Waals surface area contributed by atoms with Gasteiger partial charge in [-0.3, -0.25) is 0 Å². The Balaban J connectivity index is 4.19. The molecule has 13 heavy (non-hydrogen) atoms. The average molecular weight is 251 g/mol. The van der Waals surface area contributed by atoms with Gasteiger partial charge in [-0.25, -0.2) is 0 Å². The molecule has 0 radical (unpaired) electrons. The van der Waals surface area contributed by atoms with E-state index < -0.39 is 12.8 Å². The molecule has 0 bridgehead atoms. The van der Waals surface area contributed by atoms with Gasteiger partial charge in [-0.05, 0) is 0 Å². The molecule has 0 amide bonds. The number of hydrogen-bond donors (Lipinski definition) is 0. The molecule has 0 aromatic heterocycles. The van der Waals surface area contributed by atoms with Crippen molar-refractivity contribution in [1.82, 2.24) is 0 Å². The van der Waals surface area contributed by atoms with Crippen LogP contribution in [-0.4, -0.2) is 12.8 Å². The van der Waals surface area contributed by atoms with Gasteiger partial charge in [-0.1, -0.05) is 0 Å². The summed E-state index contributed by atoms with van der Waals surface area (Å²) in [5, 5.41) is 6.41. The van der Waals surface area contributed by atoms with Gasteiger partial charge in [0.2, 0.25) is 0 Å². The van der Waals surface area contributed by atoms with Gasteiger partial charge in [0, 0.05) is 0 Å². The minimum absolute atomic E-state index is 0.983. The van der Waals surface area contributed by atoms with Crippen molar-refractivity contribution in [2.75, 3.05) is 0 Å². The zero-order chi connectivity index (χ0) is 10.2. The topological polar surface area (TPSA) is 0 Å². The molecule has 0 aromatic carbocycles. The summed E-state index contributed by atoms with van der Waals surface area (Å²) >= 11 is -0.983. The molecular formula is C12H28Se. The van der Waals surface area contributed by atoms with Crippen molar-refractivity contribution in [2.45, 2.75) is 74.7 Å². The van der Waals surface area contributed by atoms with E-state index in [4.69, 9.17) is 0 Å². The fraction of sp³-hybridized carbons (Fsp3) is 1.00. The Labute approximate surface area is 87.7 Å². The first kappa shape index (κ1) is 13.5. The van der Waals surface area contributed by atoms with Crippen LogP contribution in [0.15, 0.2) is 0 Å². The van der Waals surface area contributed by atoms with E-state index in [1.54, 1.807) is 21.3 Å². The van der Waals surface area contributed by atoms with E-state index in [2.05, 4.69) is 27.7 Å². The summed E-state index contributed by atoms with van der Waals surface area (Å²) in [7, 11) is 0. The summed E-state index contributed by atoms with van der Waals surface area (Å²) in [4.78, 5) is 0. The Morgan fingerprint density at radius 1 is 0.538 bits per heavy atom. The predicted octanol–water partition coefficient (Wildman–Crippen LogP) is 5.08. The molecule has 0 aliphatic heterocycles. The van der Waals surface area contributed by atoms with E-state index in [-0.39, 0.29) is 0 Å². The third kappa shape index (κ3) is 5.08. The quantitative estimate of drug-likeness (QED) is 0.528. The second-order valence-corrected chi connectivity index (χ2v) is 12.6. The van der Waals surface area contributed by atoms with Gasteiger partial charge in [-0.15, -0.1) is 0 Å². The van der Waals surface area contributed by atoms with Gasteiger partial charge >= 0.3 is 87.5 Å². The Hall–Kier alpha value is 0.519. The van der Waals surface area contributed by atoms with E-state index in [1.807, 2.05) is 0 Å². The maximum absolute atomic E-state index is 2.37. The van der Waals surface area contributed by atoms with Crippen LogP contribution >= 0.6 is 0 Å². The van der Waals surface area contributed by atoms with Crippen LogP contribution in [0.4, 0.5) is 0 Å². The summed E-state index contributed by atoms with van der Waals surface area (Å²) in [6.45, 7) is 9.47. The average Bonchev–Trinajstić information content (AvgIpc) is 2.06. The summed E-state index contributed by atoms with van der Waals surface area (Å²) < 4.78 is 0. The molecule has 0 saturated carbocycles. The normalized spacial score (nSPS) is 13.2. The standard InChI is InChI=1S/C12H28Se/c1-5-9-13(10-6-2,11-7-3)12-8-4/h5-12H2,1-4H3. The summed E-state index contributed by atoms with van der Waals surface area (Å²) in [5.41, 5.74) is 0. The first-order valence-electron chi connectivity index (χ1n) is 5.98. The van der Waals surface area contributed by atoms with Crippen LogP contribution in [0, 0.1) is 0 Å². The van der Waals surface area contributed by atoms with Crippen LogP contribution in [-0.2, 0) is 0 Å². The minimum atomic E-state index is -0.983. The van der Waals surface area contributed by atoms with Gasteiger partial charge in [0.15, 0.2) is 0 Å².